The van der Waals surface area contributed by atoms with Crippen molar-refractivity contribution in [3.05, 3.63) is 53.8 Å². The predicted molar refractivity (Wildman–Crippen MR) is 85.2 cm³/mol. The zero-order valence-corrected chi connectivity index (χ0v) is 12.1. The number of fused-ring (bicyclic) bond motifs is 1. The molecule has 2 nitrogen and oxygen atoms in total. The van der Waals surface area contributed by atoms with Gasteiger partial charge in [-0.05, 0) is 42.8 Å². The average Bonchev–Trinajstić information content (AvgIpc) is 2.76. The van der Waals surface area contributed by atoms with Gasteiger partial charge in [-0.1, -0.05) is 12.1 Å². The number of nitrogens with one attached hydrogen (secondary N) is 2. The van der Waals surface area contributed by atoms with Crippen LogP contribution in [-0.2, 0) is 0 Å². The highest BCUT2D eigenvalue weighted by Gasteiger charge is 2.12. The molecule has 0 atom stereocenters. The lowest BCUT2D eigenvalue weighted by atomic mass is 10.1. The Hall–Kier alpha value is -2.00. The van der Waals surface area contributed by atoms with E-state index in [4.69, 9.17) is 0 Å². The van der Waals surface area contributed by atoms with Crippen molar-refractivity contribution in [2.24, 2.45) is 0 Å². The molecule has 0 amide bonds. The smallest absolute Gasteiger partial charge is 0.132 e. The first-order valence-corrected chi connectivity index (χ1v) is 6.25. The number of hydrogen-bond donors (Lipinski definition) is 2. The van der Waals surface area contributed by atoms with E-state index < -0.39 is 0 Å². The summed E-state index contributed by atoms with van der Waals surface area (Å²) in [5.41, 5.74) is 4.60. The van der Waals surface area contributed by atoms with Crippen LogP contribution in [0.2, 0.25) is 0 Å². The number of aromatic amines is 1. The third-order valence-electron chi connectivity index (χ3n) is 3.49. The molecule has 2 aromatic carbocycles. The van der Waals surface area contributed by atoms with Crippen molar-refractivity contribution in [2.75, 3.05) is 12.4 Å². The zero-order chi connectivity index (χ0) is 13.4. The molecule has 1 aromatic heterocycles. The molecule has 3 rings (SSSR count). The second-order valence-electron chi connectivity index (χ2n) is 4.62. The Bertz CT molecular complexity index is 749. The van der Waals surface area contributed by atoms with Crippen LogP contribution in [0.25, 0.3) is 22.2 Å². The second kappa shape index (κ2) is 5.55. The van der Waals surface area contributed by atoms with Crippen LogP contribution in [0.15, 0.2) is 42.5 Å². The number of anilines is 1. The second-order valence-corrected chi connectivity index (χ2v) is 4.62. The first-order chi connectivity index (χ1) is 9.20. The van der Waals surface area contributed by atoms with Crippen LogP contribution in [0.1, 0.15) is 5.56 Å². The minimum Gasteiger partial charge on any atom is -0.388 e. The molecule has 3 aromatic rings. The summed E-state index contributed by atoms with van der Waals surface area (Å²) in [6.07, 6.45) is 0. The molecular weight excluding hydrogens is 275 g/mol. The minimum atomic E-state index is -0.203. The fourth-order valence-corrected chi connectivity index (χ4v) is 2.42. The Kier molecular flexibility index (Phi) is 4.00. The largest absolute Gasteiger partial charge is 0.388 e. The van der Waals surface area contributed by atoms with E-state index in [9.17, 15) is 4.39 Å². The third kappa shape index (κ3) is 2.25. The monoisotopic (exact) mass is 290 g/mol. The first-order valence-electron chi connectivity index (χ1n) is 6.25. The normalized spacial score (nSPS) is 10.3. The molecular formula is C16H16ClFN2. The molecule has 0 aliphatic heterocycles. The molecule has 20 heavy (non-hydrogen) atoms. The van der Waals surface area contributed by atoms with Gasteiger partial charge in [0, 0.05) is 29.2 Å². The van der Waals surface area contributed by atoms with Crippen molar-refractivity contribution in [3.63, 3.8) is 0 Å². The number of rotatable bonds is 2. The maximum Gasteiger partial charge on any atom is 0.132 e. The fourth-order valence-electron chi connectivity index (χ4n) is 2.42. The highest BCUT2D eigenvalue weighted by molar-refractivity contribution is 5.92. The van der Waals surface area contributed by atoms with Crippen LogP contribution in [0.4, 0.5) is 10.1 Å². The number of halogens is 2. The van der Waals surface area contributed by atoms with Crippen LogP contribution < -0.4 is 5.32 Å². The van der Waals surface area contributed by atoms with Crippen LogP contribution in [0.3, 0.4) is 0 Å². The molecule has 0 saturated heterocycles. The summed E-state index contributed by atoms with van der Waals surface area (Å²) in [5.74, 6) is -0.203. The van der Waals surface area contributed by atoms with Crippen LogP contribution in [0.5, 0.6) is 0 Å². The van der Waals surface area contributed by atoms with Crippen molar-refractivity contribution in [1.82, 2.24) is 4.98 Å². The standard InChI is InChI=1S/C16H15FN2.ClH/c1-10-13-9-11(18-2)7-8-15(13)19-16(10)12-5-3-4-6-14(12)17;/h3-9,18-19H,1-2H3;1H. The van der Waals surface area contributed by atoms with E-state index >= 15 is 0 Å². The number of aryl methyl sites for hydroxylation is 1. The summed E-state index contributed by atoms with van der Waals surface area (Å²) in [6.45, 7) is 2.01. The Morgan fingerprint density at radius 2 is 1.85 bits per heavy atom. The summed E-state index contributed by atoms with van der Waals surface area (Å²) in [6, 6.07) is 12.9. The number of benzene rings is 2. The molecule has 4 heteroatoms. The van der Waals surface area contributed by atoms with E-state index in [1.807, 2.05) is 32.2 Å². The first kappa shape index (κ1) is 14.4. The molecule has 2 N–H and O–H groups in total. The maximum absolute atomic E-state index is 13.9. The lowest BCUT2D eigenvalue weighted by Gasteiger charge is -2.02. The topological polar surface area (TPSA) is 27.8 Å². The fraction of sp³-hybridized carbons (Fsp3) is 0.125. The summed E-state index contributed by atoms with van der Waals surface area (Å²) in [4.78, 5) is 3.30. The Morgan fingerprint density at radius 1 is 1.10 bits per heavy atom. The maximum atomic E-state index is 13.9. The summed E-state index contributed by atoms with van der Waals surface area (Å²) >= 11 is 0. The number of aromatic nitrogens is 1. The van der Waals surface area contributed by atoms with Crippen molar-refractivity contribution in [2.45, 2.75) is 6.92 Å². The van der Waals surface area contributed by atoms with E-state index in [1.54, 1.807) is 12.1 Å². The van der Waals surface area contributed by atoms with Gasteiger partial charge in [0.2, 0.25) is 0 Å². The molecule has 0 bridgehead atoms. The van der Waals surface area contributed by atoms with Gasteiger partial charge in [-0.15, -0.1) is 12.4 Å². The number of hydrogen-bond acceptors (Lipinski definition) is 1. The lowest BCUT2D eigenvalue weighted by Crippen LogP contribution is -1.86. The van der Waals surface area contributed by atoms with Crippen LogP contribution in [-0.4, -0.2) is 12.0 Å². The molecule has 0 radical (unpaired) electrons. The van der Waals surface area contributed by atoms with Gasteiger partial charge in [0.1, 0.15) is 5.82 Å². The van der Waals surface area contributed by atoms with Gasteiger partial charge in [0.05, 0.1) is 5.69 Å². The van der Waals surface area contributed by atoms with E-state index in [-0.39, 0.29) is 18.2 Å². The molecule has 0 saturated carbocycles. The highest BCUT2D eigenvalue weighted by atomic mass is 35.5. The third-order valence-corrected chi connectivity index (χ3v) is 3.49. The van der Waals surface area contributed by atoms with Crippen LogP contribution >= 0.6 is 12.4 Å². The summed E-state index contributed by atoms with van der Waals surface area (Å²) in [7, 11) is 1.89. The van der Waals surface area contributed by atoms with Gasteiger partial charge in [-0.3, -0.25) is 0 Å². The Balaban J connectivity index is 0.00000147. The predicted octanol–water partition coefficient (Wildman–Crippen LogP) is 4.75. The van der Waals surface area contributed by atoms with Gasteiger partial charge in [0.15, 0.2) is 0 Å². The zero-order valence-electron chi connectivity index (χ0n) is 11.3. The van der Waals surface area contributed by atoms with E-state index in [0.29, 0.717) is 5.56 Å². The molecule has 0 aliphatic carbocycles. The van der Waals surface area contributed by atoms with Gasteiger partial charge in [0.25, 0.3) is 0 Å². The summed E-state index contributed by atoms with van der Waals surface area (Å²) in [5, 5.41) is 4.23. The van der Waals surface area contributed by atoms with E-state index in [0.717, 1.165) is 27.8 Å². The van der Waals surface area contributed by atoms with Crippen molar-refractivity contribution in [3.8, 4) is 11.3 Å². The molecule has 1 heterocycles. The molecule has 0 fully saturated rings. The van der Waals surface area contributed by atoms with Crippen LogP contribution in [0, 0.1) is 12.7 Å². The minimum absolute atomic E-state index is 0. The Morgan fingerprint density at radius 3 is 2.55 bits per heavy atom. The van der Waals surface area contributed by atoms with Gasteiger partial charge >= 0.3 is 0 Å². The van der Waals surface area contributed by atoms with Gasteiger partial charge in [-0.25, -0.2) is 4.39 Å². The van der Waals surface area contributed by atoms with Gasteiger partial charge < -0.3 is 10.3 Å². The summed E-state index contributed by atoms with van der Waals surface area (Å²) < 4.78 is 13.9. The SMILES string of the molecule is CNc1ccc2[nH]c(-c3ccccc3F)c(C)c2c1.Cl. The van der Waals surface area contributed by atoms with Crippen molar-refractivity contribution in [1.29, 1.82) is 0 Å². The number of H-pyrrole nitrogens is 1. The quantitative estimate of drug-likeness (QED) is 0.700. The lowest BCUT2D eigenvalue weighted by molar-refractivity contribution is 0.631. The molecule has 0 spiro atoms. The van der Waals surface area contributed by atoms with E-state index in [2.05, 4.69) is 16.4 Å². The van der Waals surface area contributed by atoms with Crippen molar-refractivity contribution < 1.29 is 4.39 Å². The van der Waals surface area contributed by atoms with Crippen molar-refractivity contribution >= 4 is 29.0 Å². The molecule has 0 aliphatic rings. The molecule has 104 valence electrons. The van der Waals surface area contributed by atoms with Gasteiger partial charge in [-0.2, -0.15) is 0 Å². The highest BCUT2D eigenvalue weighted by Crippen LogP contribution is 2.32. The average molecular weight is 291 g/mol. The Labute approximate surface area is 123 Å². The van der Waals surface area contributed by atoms with E-state index in [1.165, 1.54) is 6.07 Å². The molecule has 0 unspecified atom stereocenters.